The zero-order chi connectivity index (χ0) is 11.1. The summed E-state index contributed by atoms with van der Waals surface area (Å²) in [5, 5.41) is 6.01. The fraction of sp³-hybridized carbons (Fsp3) is 0.400. The second kappa shape index (κ2) is 6.37. The van der Waals surface area contributed by atoms with Crippen molar-refractivity contribution in [3.63, 3.8) is 0 Å². The summed E-state index contributed by atoms with van der Waals surface area (Å²) in [6, 6.07) is 5.10. The monoisotopic (exact) mass is 227 g/mol. The number of pyridine rings is 1. The third kappa shape index (κ3) is 4.76. The van der Waals surface area contributed by atoms with E-state index in [1.54, 1.807) is 18.2 Å². The van der Waals surface area contributed by atoms with Gasteiger partial charge in [0.2, 0.25) is 5.91 Å². The minimum Gasteiger partial charge on any atom is -0.310 e. The maximum absolute atomic E-state index is 11.3. The summed E-state index contributed by atoms with van der Waals surface area (Å²) in [5.74, 6) is 0.365. The van der Waals surface area contributed by atoms with Crippen molar-refractivity contribution >= 4 is 23.3 Å². The summed E-state index contributed by atoms with van der Waals surface area (Å²) < 4.78 is 0. The smallest absolute Gasteiger partial charge is 0.239 e. The van der Waals surface area contributed by atoms with Crippen LogP contribution in [0.1, 0.15) is 13.3 Å². The highest BCUT2D eigenvalue weighted by Crippen LogP contribution is 2.08. The zero-order valence-electron chi connectivity index (χ0n) is 8.59. The van der Waals surface area contributed by atoms with Crippen LogP contribution < -0.4 is 10.6 Å². The van der Waals surface area contributed by atoms with E-state index in [-0.39, 0.29) is 5.91 Å². The number of carbonyl (C=O) groups excluding carboxylic acids is 1. The molecule has 1 aromatic heterocycles. The number of carbonyl (C=O) groups is 1. The molecule has 1 rings (SSSR count). The van der Waals surface area contributed by atoms with Gasteiger partial charge >= 0.3 is 0 Å². The highest BCUT2D eigenvalue weighted by Gasteiger charge is 2.02. The van der Waals surface area contributed by atoms with Crippen molar-refractivity contribution < 1.29 is 4.79 Å². The number of halogens is 1. The van der Waals surface area contributed by atoms with Crippen LogP contribution in [0.3, 0.4) is 0 Å². The Hall–Kier alpha value is -1.13. The van der Waals surface area contributed by atoms with Crippen molar-refractivity contribution in [3.05, 3.63) is 23.4 Å². The quantitative estimate of drug-likeness (QED) is 0.595. The molecule has 4 nitrogen and oxygen atoms in total. The summed E-state index contributed by atoms with van der Waals surface area (Å²) in [4.78, 5) is 15.3. The predicted molar refractivity (Wildman–Crippen MR) is 61.0 cm³/mol. The molecule has 0 aliphatic rings. The summed E-state index contributed by atoms with van der Waals surface area (Å²) in [6.45, 7) is 3.17. The fourth-order valence-corrected chi connectivity index (χ4v) is 1.21. The van der Waals surface area contributed by atoms with Crippen molar-refractivity contribution in [3.8, 4) is 0 Å². The number of nitrogens with one attached hydrogen (secondary N) is 2. The second-order valence-corrected chi connectivity index (χ2v) is 3.46. The molecule has 0 aliphatic heterocycles. The molecule has 0 fully saturated rings. The van der Waals surface area contributed by atoms with Gasteiger partial charge in [-0.25, -0.2) is 4.98 Å². The Balaban J connectivity index is 2.37. The molecule has 2 N–H and O–H groups in total. The third-order valence-electron chi connectivity index (χ3n) is 1.69. The first-order valence-electron chi connectivity index (χ1n) is 4.85. The van der Waals surface area contributed by atoms with E-state index in [9.17, 15) is 4.79 Å². The van der Waals surface area contributed by atoms with E-state index in [0.717, 1.165) is 13.0 Å². The van der Waals surface area contributed by atoms with Gasteiger partial charge in [0.15, 0.2) is 0 Å². The van der Waals surface area contributed by atoms with Crippen molar-refractivity contribution in [2.24, 2.45) is 0 Å². The minimum absolute atomic E-state index is 0.113. The van der Waals surface area contributed by atoms with Crippen LogP contribution in [0.4, 0.5) is 5.82 Å². The van der Waals surface area contributed by atoms with E-state index in [0.29, 0.717) is 17.5 Å². The number of hydrogen-bond donors (Lipinski definition) is 2. The van der Waals surface area contributed by atoms with Crippen LogP contribution in [0, 0.1) is 0 Å². The normalized spacial score (nSPS) is 10.0. The maximum Gasteiger partial charge on any atom is 0.239 e. The van der Waals surface area contributed by atoms with Gasteiger partial charge in [0.05, 0.1) is 6.54 Å². The van der Waals surface area contributed by atoms with Crippen LogP contribution in [0.15, 0.2) is 18.2 Å². The van der Waals surface area contributed by atoms with Gasteiger partial charge in [0.25, 0.3) is 0 Å². The molecule has 5 heteroatoms. The van der Waals surface area contributed by atoms with Gasteiger partial charge in [0, 0.05) is 0 Å². The number of nitrogens with zero attached hydrogens (tertiary/aromatic N) is 1. The Morgan fingerprint density at radius 1 is 1.53 bits per heavy atom. The number of anilines is 1. The molecular weight excluding hydrogens is 214 g/mol. The first-order valence-corrected chi connectivity index (χ1v) is 5.23. The van der Waals surface area contributed by atoms with E-state index in [1.165, 1.54) is 0 Å². The molecule has 82 valence electrons. The predicted octanol–water partition coefficient (Wildman–Crippen LogP) is 1.67. The lowest BCUT2D eigenvalue weighted by molar-refractivity contribution is -0.115. The average Bonchev–Trinajstić information content (AvgIpc) is 2.18. The van der Waals surface area contributed by atoms with Crippen molar-refractivity contribution in [1.82, 2.24) is 10.3 Å². The zero-order valence-corrected chi connectivity index (χ0v) is 9.34. The van der Waals surface area contributed by atoms with Gasteiger partial charge in [0.1, 0.15) is 11.0 Å². The molecule has 15 heavy (non-hydrogen) atoms. The SMILES string of the molecule is CCCNCC(=O)Nc1cccc(Cl)n1. The topological polar surface area (TPSA) is 54.0 Å². The third-order valence-corrected chi connectivity index (χ3v) is 1.91. The second-order valence-electron chi connectivity index (χ2n) is 3.07. The van der Waals surface area contributed by atoms with E-state index in [1.807, 2.05) is 6.92 Å². The number of rotatable bonds is 5. The fourth-order valence-electron chi connectivity index (χ4n) is 1.04. The Morgan fingerprint density at radius 3 is 3.00 bits per heavy atom. The Labute approximate surface area is 94.0 Å². The lowest BCUT2D eigenvalue weighted by Gasteiger charge is -2.05. The highest BCUT2D eigenvalue weighted by molar-refractivity contribution is 6.29. The Kier molecular flexibility index (Phi) is 5.07. The van der Waals surface area contributed by atoms with E-state index in [4.69, 9.17) is 11.6 Å². The van der Waals surface area contributed by atoms with Crippen molar-refractivity contribution in [2.75, 3.05) is 18.4 Å². The van der Waals surface area contributed by atoms with Gasteiger partial charge in [-0.1, -0.05) is 24.6 Å². The molecule has 0 saturated carbocycles. The standard InChI is InChI=1S/C10H14ClN3O/c1-2-6-12-7-10(15)14-9-5-3-4-8(11)13-9/h3-5,12H,2,6-7H2,1H3,(H,13,14,15). The molecule has 1 amide bonds. The highest BCUT2D eigenvalue weighted by atomic mass is 35.5. The molecule has 1 heterocycles. The van der Waals surface area contributed by atoms with Crippen LogP contribution in [0.5, 0.6) is 0 Å². The molecule has 1 aromatic rings. The van der Waals surface area contributed by atoms with E-state index in [2.05, 4.69) is 15.6 Å². The van der Waals surface area contributed by atoms with Crippen LogP contribution >= 0.6 is 11.6 Å². The van der Waals surface area contributed by atoms with Crippen LogP contribution in [-0.2, 0) is 4.79 Å². The molecule has 0 aromatic carbocycles. The maximum atomic E-state index is 11.3. The summed E-state index contributed by atoms with van der Waals surface area (Å²) in [7, 11) is 0. The van der Waals surface area contributed by atoms with Gasteiger partial charge < -0.3 is 10.6 Å². The van der Waals surface area contributed by atoms with Gasteiger partial charge in [-0.05, 0) is 25.1 Å². The molecular formula is C10H14ClN3O. The van der Waals surface area contributed by atoms with Gasteiger partial charge in [-0.2, -0.15) is 0 Å². The molecule has 0 spiro atoms. The van der Waals surface area contributed by atoms with Crippen molar-refractivity contribution in [1.29, 1.82) is 0 Å². The molecule has 0 atom stereocenters. The minimum atomic E-state index is -0.113. The molecule has 0 bridgehead atoms. The Morgan fingerprint density at radius 2 is 2.33 bits per heavy atom. The summed E-state index contributed by atoms with van der Waals surface area (Å²) in [6.07, 6.45) is 1.00. The van der Waals surface area contributed by atoms with Crippen LogP contribution in [0.2, 0.25) is 5.15 Å². The van der Waals surface area contributed by atoms with Crippen LogP contribution in [0.25, 0.3) is 0 Å². The molecule has 0 unspecified atom stereocenters. The lowest BCUT2D eigenvalue weighted by Crippen LogP contribution is -2.28. The molecule has 0 radical (unpaired) electrons. The van der Waals surface area contributed by atoms with Gasteiger partial charge in [-0.3, -0.25) is 4.79 Å². The number of aromatic nitrogens is 1. The number of hydrogen-bond acceptors (Lipinski definition) is 3. The Bertz CT molecular complexity index is 330. The average molecular weight is 228 g/mol. The molecule has 0 aliphatic carbocycles. The van der Waals surface area contributed by atoms with Crippen LogP contribution in [-0.4, -0.2) is 24.0 Å². The first-order chi connectivity index (χ1) is 7.22. The first kappa shape index (κ1) is 11.9. The largest absolute Gasteiger partial charge is 0.310 e. The van der Waals surface area contributed by atoms with Crippen molar-refractivity contribution in [2.45, 2.75) is 13.3 Å². The van der Waals surface area contributed by atoms with E-state index >= 15 is 0 Å². The summed E-state index contributed by atoms with van der Waals surface area (Å²) in [5.41, 5.74) is 0. The van der Waals surface area contributed by atoms with Gasteiger partial charge in [-0.15, -0.1) is 0 Å². The summed E-state index contributed by atoms with van der Waals surface area (Å²) >= 11 is 5.68. The van der Waals surface area contributed by atoms with E-state index < -0.39 is 0 Å². The number of amides is 1. The molecule has 0 saturated heterocycles. The lowest BCUT2D eigenvalue weighted by atomic mass is 10.4.